The Morgan fingerprint density at radius 2 is 2.25 bits per heavy atom. The molecule has 0 spiro atoms. The fourth-order valence-corrected chi connectivity index (χ4v) is 1.02. The van der Waals surface area contributed by atoms with Crippen LogP contribution in [0.3, 0.4) is 0 Å². The molecule has 1 aromatic rings. The summed E-state index contributed by atoms with van der Waals surface area (Å²) in [7, 11) is 0. The molecule has 0 aliphatic rings. The van der Waals surface area contributed by atoms with Crippen LogP contribution in [-0.2, 0) is 0 Å². The van der Waals surface area contributed by atoms with Crippen molar-refractivity contribution in [3.63, 3.8) is 0 Å². The molecule has 0 aliphatic carbocycles. The number of nitrogens with one attached hydrogen (secondary N) is 1. The Morgan fingerprint density at radius 1 is 1.50 bits per heavy atom. The summed E-state index contributed by atoms with van der Waals surface area (Å²) < 4.78 is 18.5. The minimum Gasteiger partial charge on any atom is -0.475 e. The second-order valence-corrected chi connectivity index (χ2v) is 3.98. The van der Waals surface area contributed by atoms with E-state index in [1.165, 1.54) is 0 Å². The lowest BCUT2D eigenvalue weighted by atomic mass is 10.2. The van der Waals surface area contributed by atoms with Gasteiger partial charge in [0, 0.05) is 6.54 Å². The quantitative estimate of drug-likeness (QED) is 0.811. The van der Waals surface area contributed by atoms with Crippen molar-refractivity contribution in [2.75, 3.05) is 18.5 Å². The van der Waals surface area contributed by atoms with Gasteiger partial charge < -0.3 is 10.1 Å². The normalized spacial score (nSPS) is 10.6. The summed E-state index contributed by atoms with van der Waals surface area (Å²) in [5.74, 6) is 0.230. The molecule has 0 radical (unpaired) electrons. The van der Waals surface area contributed by atoms with Crippen LogP contribution < -0.4 is 10.1 Å². The molecule has 0 saturated carbocycles. The zero-order valence-corrected chi connectivity index (χ0v) is 9.96. The average molecular weight is 227 g/mol. The van der Waals surface area contributed by atoms with Crippen LogP contribution in [0.4, 0.5) is 10.3 Å². The minimum atomic E-state index is -0.525. The first-order chi connectivity index (χ1) is 7.63. The van der Waals surface area contributed by atoms with Gasteiger partial charge in [0.05, 0.1) is 12.8 Å². The van der Waals surface area contributed by atoms with Gasteiger partial charge in [-0.15, -0.1) is 0 Å². The highest BCUT2D eigenvalue weighted by Crippen LogP contribution is 2.15. The second-order valence-electron chi connectivity index (χ2n) is 3.98. The molecule has 1 aromatic heterocycles. The van der Waals surface area contributed by atoms with E-state index in [1.54, 1.807) is 0 Å². The molecule has 0 unspecified atom stereocenters. The Bertz CT molecular complexity index is 331. The summed E-state index contributed by atoms with van der Waals surface area (Å²) in [4.78, 5) is 7.79. The molecule has 0 saturated heterocycles. The van der Waals surface area contributed by atoms with Gasteiger partial charge in [0.1, 0.15) is 0 Å². The molecular formula is C11H18FN3O. The number of rotatable bonds is 6. The molecule has 0 aromatic carbocycles. The summed E-state index contributed by atoms with van der Waals surface area (Å²) in [5, 5.41) is 2.98. The highest BCUT2D eigenvalue weighted by atomic mass is 19.1. The summed E-state index contributed by atoms with van der Waals surface area (Å²) >= 11 is 0. The van der Waals surface area contributed by atoms with E-state index in [0.29, 0.717) is 18.5 Å². The van der Waals surface area contributed by atoms with Crippen LogP contribution in [-0.4, -0.2) is 23.1 Å². The lowest BCUT2D eigenvalue weighted by Crippen LogP contribution is -2.10. The SMILES string of the molecule is CCCNc1ncc(F)c(OCC(C)C)n1. The van der Waals surface area contributed by atoms with Gasteiger partial charge in [0.2, 0.25) is 11.8 Å². The van der Waals surface area contributed by atoms with Gasteiger partial charge in [0.25, 0.3) is 5.88 Å². The zero-order valence-electron chi connectivity index (χ0n) is 9.96. The highest BCUT2D eigenvalue weighted by Gasteiger charge is 2.08. The molecule has 0 atom stereocenters. The first-order valence-corrected chi connectivity index (χ1v) is 5.52. The predicted molar refractivity (Wildman–Crippen MR) is 61.1 cm³/mol. The van der Waals surface area contributed by atoms with Gasteiger partial charge >= 0.3 is 0 Å². The summed E-state index contributed by atoms with van der Waals surface area (Å²) in [5.41, 5.74) is 0. The highest BCUT2D eigenvalue weighted by molar-refractivity contribution is 5.28. The molecule has 90 valence electrons. The molecule has 0 bridgehead atoms. The van der Waals surface area contributed by atoms with E-state index >= 15 is 0 Å². The molecule has 16 heavy (non-hydrogen) atoms. The van der Waals surface area contributed by atoms with Gasteiger partial charge in [0.15, 0.2) is 0 Å². The van der Waals surface area contributed by atoms with Crippen molar-refractivity contribution >= 4 is 5.95 Å². The molecule has 0 amide bonds. The first-order valence-electron chi connectivity index (χ1n) is 5.52. The number of anilines is 1. The second kappa shape index (κ2) is 6.25. The maximum absolute atomic E-state index is 13.3. The number of halogens is 1. The predicted octanol–water partition coefficient (Wildman–Crippen LogP) is 2.47. The van der Waals surface area contributed by atoms with Gasteiger partial charge in [-0.1, -0.05) is 20.8 Å². The van der Waals surface area contributed by atoms with E-state index in [4.69, 9.17) is 4.74 Å². The topological polar surface area (TPSA) is 47.0 Å². The molecule has 4 nitrogen and oxygen atoms in total. The number of ether oxygens (including phenoxy) is 1. The average Bonchev–Trinajstić information content (AvgIpc) is 2.26. The maximum Gasteiger partial charge on any atom is 0.255 e. The van der Waals surface area contributed by atoms with E-state index in [9.17, 15) is 4.39 Å². The molecule has 1 N–H and O–H groups in total. The Hall–Kier alpha value is -1.39. The standard InChI is InChI=1S/C11H18FN3O/c1-4-5-13-11-14-6-9(12)10(15-11)16-7-8(2)3/h6,8H,4-5,7H2,1-3H3,(H,13,14,15). The van der Waals surface area contributed by atoms with Gasteiger partial charge in [-0.3, -0.25) is 0 Å². The molecule has 1 heterocycles. The number of hydrogen-bond acceptors (Lipinski definition) is 4. The molecule has 5 heteroatoms. The lowest BCUT2D eigenvalue weighted by molar-refractivity contribution is 0.248. The Labute approximate surface area is 95.3 Å². The van der Waals surface area contributed by atoms with E-state index < -0.39 is 5.82 Å². The summed E-state index contributed by atoms with van der Waals surface area (Å²) in [6.07, 6.45) is 2.09. The van der Waals surface area contributed by atoms with E-state index in [-0.39, 0.29) is 5.88 Å². The number of nitrogens with zero attached hydrogens (tertiary/aromatic N) is 2. The van der Waals surface area contributed by atoms with E-state index in [0.717, 1.165) is 19.2 Å². The smallest absolute Gasteiger partial charge is 0.255 e. The third kappa shape index (κ3) is 4.00. The first kappa shape index (κ1) is 12.7. The molecule has 0 fully saturated rings. The van der Waals surface area contributed by atoms with Crippen molar-refractivity contribution in [1.82, 2.24) is 9.97 Å². The lowest BCUT2D eigenvalue weighted by Gasteiger charge is -2.09. The van der Waals surface area contributed by atoms with Crippen LogP contribution in [0.15, 0.2) is 6.20 Å². The van der Waals surface area contributed by atoms with Crippen molar-refractivity contribution in [2.45, 2.75) is 27.2 Å². The number of hydrogen-bond donors (Lipinski definition) is 1. The van der Waals surface area contributed by atoms with Crippen molar-refractivity contribution in [3.05, 3.63) is 12.0 Å². The van der Waals surface area contributed by atoms with Gasteiger partial charge in [-0.25, -0.2) is 4.98 Å². The van der Waals surface area contributed by atoms with Gasteiger partial charge in [-0.2, -0.15) is 9.37 Å². The molecule has 0 aliphatic heterocycles. The number of aromatic nitrogens is 2. The minimum absolute atomic E-state index is 0.0160. The summed E-state index contributed by atoms with van der Waals surface area (Å²) in [6.45, 7) is 7.23. The third-order valence-corrected chi connectivity index (χ3v) is 1.80. The maximum atomic E-state index is 13.3. The summed E-state index contributed by atoms with van der Waals surface area (Å²) in [6, 6.07) is 0. The van der Waals surface area contributed by atoms with Crippen LogP contribution in [0.2, 0.25) is 0 Å². The van der Waals surface area contributed by atoms with Crippen molar-refractivity contribution in [2.24, 2.45) is 5.92 Å². The van der Waals surface area contributed by atoms with E-state index in [2.05, 4.69) is 15.3 Å². The largest absolute Gasteiger partial charge is 0.475 e. The van der Waals surface area contributed by atoms with Gasteiger partial charge in [-0.05, 0) is 12.3 Å². The van der Waals surface area contributed by atoms with Crippen LogP contribution in [0.25, 0.3) is 0 Å². The fraction of sp³-hybridized carbons (Fsp3) is 0.636. The Balaban J connectivity index is 2.66. The van der Waals surface area contributed by atoms with Crippen LogP contribution in [0.1, 0.15) is 27.2 Å². The van der Waals surface area contributed by atoms with Crippen LogP contribution in [0, 0.1) is 11.7 Å². The Kier molecular flexibility index (Phi) is 4.95. The zero-order chi connectivity index (χ0) is 12.0. The Morgan fingerprint density at radius 3 is 2.88 bits per heavy atom. The molecular weight excluding hydrogens is 209 g/mol. The monoisotopic (exact) mass is 227 g/mol. The van der Waals surface area contributed by atoms with Crippen molar-refractivity contribution in [1.29, 1.82) is 0 Å². The molecule has 1 rings (SSSR count). The van der Waals surface area contributed by atoms with Crippen molar-refractivity contribution < 1.29 is 9.13 Å². The fourth-order valence-electron chi connectivity index (χ4n) is 1.02. The third-order valence-electron chi connectivity index (χ3n) is 1.80. The van der Waals surface area contributed by atoms with E-state index in [1.807, 2.05) is 20.8 Å². The van der Waals surface area contributed by atoms with Crippen LogP contribution >= 0.6 is 0 Å². The van der Waals surface area contributed by atoms with Crippen LogP contribution in [0.5, 0.6) is 5.88 Å². The van der Waals surface area contributed by atoms with Crippen molar-refractivity contribution in [3.8, 4) is 5.88 Å².